The van der Waals surface area contributed by atoms with Crippen molar-refractivity contribution in [2.24, 2.45) is 5.92 Å². The molecule has 0 aliphatic carbocycles. The molecule has 1 aliphatic rings. The van der Waals surface area contributed by atoms with E-state index >= 15 is 0 Å². The van der Waals surface area contributed by atoms with Crippen molar-refractivity contribution in [1.29, 1.82) is 0 Å². The van der Waals surface area contributed by atoms with Crippen molar-refractivity contribution >= 4 is 17.6 Å². The van der Waals surface area contributed by atoms with Gasteiger partial charge in [0.2, 0.25) is 0 Å². The Kier molecular flexibility index (Phi) is 3.41. The fraction of sp³-hybridized carbons (Fsp3) is 0.455. The lowest BCUT2D eigenvalue weighted by molar-refractivity contribution is -0.143. The van der Waals surface area contributed by atoms with E-state index in [0.29, 0.717) is 24.4 Å². The minimum absolute atomic E-state index is 0.0523. The SMILES string of the molecule is O=C(O)C1CCNC(c2ncccc2Cl)C1. The zero-order valence-corrected chi connectivity index (χ0v) is 9.44. The largest absolute Gasteiger partial charge is 0.481 e. The maximum atomic E-state index is 10.9. The van der Waals surface area contributed by atoms with E-state index in [0.717, 1.165) is 5.69 Å². The van der Waals surface area contributed by atoms with Gasteiger partial charge in [-0.1, -0.05) is 11.6 Å². The minimum atomic E-state index is -0.737. The van der Waals surface area contributed by atoms with Crippen molar-refractivity contribution in [3.63, 3.8) is 0 Å². The summed E-state index contributed by atoms with van der Waals surface area (Å²) in [5, 5.41) is 12.8. The van der Waals surface area contributed by atoms with E-state index in [2.05, 4.69) is 10.3 Å². The number of aliphatic carboxylic acids is 1. The maximum Gasteiger partial charge on any atom is 0.306 e. The van der Waals surface area contributed by atoms with Crippen LogP contribution < -0.4 is 5.32 Å². The summed E-state index contributed by atoms with van der Waals surface area (Å²) in [6.45, 7) is 0.689. The number of hydrogen-bond acceptors (Lipinski definition) is 3. The highest BCUT2D eigenvalue weighted by Gasteiger charge is 2.29. The molecule has 0 aromatic carbocycles. The monoisotopic (exact) mass is 240 g/mol. The van der Waals surface area contributed by atoms with Crippen LogP contribution in [0.15, 0.2) is 18.3 Å². The Morgan fingerprint density at radius 3 is 3.12 bits per heavy atom. The first-order valence-corrected chi connectivity index (χ1v) is 5.63. The van der Waals surface area contributed by atoms with Crippen molar-refractivity contribution in [2.45, 2.75) is 18.9 Å². The highest BCUT2D eigenvalue weighted by atomic mass is 35.5. The molecule has 1 aromatic heterocycles. The van der Waals surface area contributed by atoms with Crippen LogP contribution in [0.1, 0.15) is 24.6 Å². The van der Waals surface area contributed by atoms with Crippen molar-refractivity contribution in [1.82, 2.24) is 10.3 Å². The molecule has 1 saturated heterocycles. The molecule has 0 radical (unpaired) electrons. The standard InChI is InChI=1S/C11H13ClN2O2/c12-8-2-1-4-14-10(8)9-6-7(11(15)16)3-5-13-9/h1-2,4,7,9,13H,3,5-6H2,(H,15,16). The number of hydrogen-bond donors (Lipinski definition) is 2. The van der Waals surface area contributed by atoms with E-state index < -0.39 is 5.97 Å². The van der Waals surface area contributed by atoms with Gasteiger partial charge in [-0.2, -0.15) is 0 Å². The summed E-state index contributed by atoms with van der Waals surface area (Å²) in [6, 6.07) is 3.49. The lowest BCUT2D eigenvalue weighted by Crippen LogP contribution is -2.35. The molecular weight excluding hydrogens is 228 g/mol. The van der Waals surface area contributed by atoms with Gasteiger partial charge >= 0.3 is 5.97 Å². The second-order valence-corrected chi connectivity index (χ2v) is 4.34. The van der Waals surface area contributed by atoms with E-state index in [-0.39, 0.29) is 12.0 Å². The Labute approximate surface area is 98.6 Å². The Balaban J connectivity index is 2.16. The molecule has 2 rings (SSSR count). The van der Waals surface area contributed by atoms with Gasteiger partial charge < -0.3 is 10.4 Å². The molecule has 2 heterocycles. The predicted octanol–water partition coefficient (Wildman–Crippen LogP) is 1.86. The average molecular weight is 241 g/mol. The molecule has 86 valence electrons. The molecule has 2 atom stereocenters. The number of carboxylic acids is 1. The van der Waals surface area contributed by atoms with Gasteiger partial charge in [-0.05, 0) is 31.5 Å². The van der Waals surface area contributed by atoms with Crippen LogP contribution in [0.5, 0.6) is 0 Å². The molecule has 1 fully saturated rings. The minimum Gasteiger partial charge on any atom is -0.481 e. The first-order chi connectivity index (χ1) is 7.68. The summed E-state index contributed by atoms with van der Waals surface area (Å²) >= 11 is 6.03. The van der Waals surface area contributed by atoms with Crippen LogP contribution in [0, 0.1) is 5.92 Å². The van der Waals surface area contributed by atoms with Crippen LogP contribution in [0.2, 0.25) is 5.02 Å². The smallest absolute Gasteiger partial charge is 0.306 e. The van der Waals surface area contributed by atoms with E-state index in [4.69, 9.17) is 16.7 Å². The topological polar surface area (TPSA) is 62.2 Å². The fourth-order valence-corrected chi connectivity index (χ4v) is 2.26. The number of rotatable bonds is 2. The summed E-state index contributed by atoms with van der Waals surface area (Å²) < 4.78 is 0. The predicted molar refractivity (Wildman–Crippen MR) is 60.4 cm³/mol. The zero-order valence-electron chi connectivity index (χ0n) is 8.69. The van der Waals surface area contributed by atoms with Crippen molar-refractivity contribution < 1.29 is 9.90 Å². The van der Waals surface area contributed by atoms with Gasteiger partial charge in [-0.3, -0.25) is 9.78 Å². The van der Waals surface area contributed by atoms with E-state index in [9.17, 15) is 4.79 Å². The van der Waals surface area contributed by atoms with Gasteiger partial charge in [0.1, 0.15) is 0 Å². The molecule has 2 unspecified atom stereocenters. The molecule has 5 heteroatoms. The molecule has 2 N–H and O–H groups in total. The third kappa shape index (κ3) is 2.33. The summed E-state index contributed by atoms with van der Waals surface area (Å²) in [4.78, 5) is 15.1. The van der Waals surface area contributed by atoms with Crippen LogP contribution in [-0.4, -0.2) is 22.6 Å². The van der Waals surface area contributed by atoms with Crippen molar-refractivity contribution in [3.8, 4) is 0 Å². The number of piperidine rings is 1. The first kappa shape index (κ1) is 11.4. The average Bonchev–Trinajstić information content (AvgIpc) is 2.30. The van der Waals surface area contributed by atoms with E-state index in [1.807, 2.05) is 0 Å². The molecule has 0 amide bonds. The first-order valence-electron chi connectivity index (χ1n) is 5.25. The maximum absolute atomic E-state index is 10.9. The van der Waals surface area contributed by atoms with Gasteiger partial charge in [-0.15, -0.1) is 0 Å². The van der Waals surface area contributed by atoms with Gasteiger partial charge in [-0.25, -0.2) is 0 Å². The van der Waals surface area contributed by atoms with Crippen LogP contribution in [-0.2, 0) is 4.79 Å². The summed E-state index contributed by atoms with van der Waals surface area (Å²) in [5.41, 5.74) is 0.745. The molecule has 0 bridgehead atoms. The molecule has 4 nitrogen and oxygen atoms in total. The Hall–Kier alpha value is -1.13. The van der Waals surface area contributed by atoms with Gasteiger partial charge in [0, 0.05) is 6.20 Å². The third-order valence-corrected chi connectivity index (χ3v) is 3.19. The second-order valence-electron chi connectivity index (χ2n) is 3.94. The van der Waals surface area contributed by atoms with E-state index in [1.54, 1.807) is 18.3 Å². The summed E-state index contributed by atoms with van der Waals surface area (Å²) in [6.07, 6.45) is 2.88. The number of carboxylic acid groups (broad SMARTS) is 1. The number of halogens is 1. The molecular formula is C11H13ClN2O2. The van der Waals surface area contributed by atoms with Crippen LogP contribution >= 0.6 is 11.6 Å². The zero-order chi connectivity index (χ0) is 11.5. The fourth-order valence-electron chi connectivity index (χ4n) is 2.00. The number of pyridine rings is 1. The normalized spacial score (nSPS) is 25.3. The Morgan fingerprint density at radius 1 is 1.62 bits per heavy atom. The van der Waals surface area contributed by atoms with E-state index in [1.165, 1.54) is 0 Å². The number of nitrogens with zero attached hydrogens (tertiary/aromatic N) is 1. The van der Waals surface area contributed by atoms with Crippen LogP contribution in [0.25, 0.3) is 0 Å². The van der Waals surface area contributed by atoms with Gasteiger partial charge in [0.15, 0.2) is 0 Å². The summed E-state index contributed by atoms with van der Waals surface area (Å²) in [5.74, 6) is -1.04. The summed E-state index contributed by atoms with van der Waals surface area (Å²) in [7, 11) is 0. The van der Waals surface area contributed by atoms with Gasteiger partial charge in [0.25, 0.3) is 0 Å². The van der Waals surface area contributed by atoms with Crippen LogP contribution in [0.3, 0.4) is 0 Å². The Bertz CT molecular complexity index is 397. The molecule has 1 aromatic rings. The van der Waals surface area contributed by atoms with Crippen molar-refractivity contribution in [2.75, 3.05) is 6.54 Å². The second kappa shape index (κ2) is 4.80. The van der Waals surface area contributed by atoms with Crippen LogP contribution in [0.4, 0.5) is 0 Å². The third-order valence-electron chi connectivity index (χ3n) is 2.87. The molecule has 0 spiro atoms. The number of nitrogens with one attached hydrogen (secondary N) is 1. The number of aromatic nitrogens is 1. The van der Waals surface area contributed by atoms with Crippen molar-refractivity contribution in [3.05, 3.63) is 29.0 Å². The molecule has 1 aliphatic heterocycles. The highest BCUT2D eigenvalue weighted by Crippen LogP contribution is 2.29. The lowest BCUT2D eigenvalue weighted by atomic mass is 9.91. The van der Waals surface area contributed by atoms with Gasteiger partial charge in [0.05, 0.1) is 22.7 Å². The molecule has 16 heavy (non-hydrogen) atoms. The highest BCUT2D eigenvalue weighted by molar-refractivity contribution is 6.31. The molecule has 0 saturated carbocycles. The number of carbonyl (C=O) groups is 1. The quantitative estimate of drug-likeness (QED) is 0.828. The Morgan fingerprint density at radius 2 is 2.44 bits per heavy atom. The lowest BCUT2D eigenvalue weighted by Gasteiger charge is -2.28.